The molecule has 0 N–H and O–H groups in total. The maximum Gasteiger partial charge on any atom is 0.373 e. The van der Waals surface area contributed by atoms with Gasteiger partial charge in [0.1, 0.15) is 0 Å². The minimum absolute atomic E-state index is 0.350. The Morgan fingerprint density at radius 2 is 1.69 bits per heavy atom. The maximum atomic E-state index is 12.7. The second kappa shape index (κ2) is 8.50. The Bertz CT molecular complexity index is 723. The summed E-state index contributed by atoms with van der Waals surface area (Å²) >= 11 is 0. The Morgan fingerprint density at radius 3 is 2.42 bits per heavy atom. The fourth-order valence-corrected chi connectivity index (χ4v) is 3.69. The van der Waals surface area contributed by atoms with E-state index >= 15 is 0 Å². The van der Waals surface area contributed by atoms with Crippen LogP contribution >= 0.6 is 0 Å². The van der Waals surface area contributed by atoms with Crippen molar-refractivity contribution in [3.63, 3.8) is 0 Å². The van der Waals surface area contributed by atoms with E-state index in [0.29, 0.717) is 23.3 Å². The molecule has 1 aliphatic carbocycles. The number of hydrogen-bond acceptors (Lipinski definition) is 3. The molecular weight excluding hydrogens is 324 g/mol. The van der Waals surface area contributed by atoms with Gasteiger partial charge >= 0.3 is 5.97 Å². The normalized spacial score (nSPS) is 20.9. The van der Waals surface area contributed by atoms with E-state index in [-0.39, 0.29) is 0 Å². The van der Waals surface area contributed by atoms with E-state index in [1.165, 1.54) is 6.42 Å². The molecule has 1 aliphatic rings. The zero-order chi connectivity index (χ0) is 18.5. The van der Waals surface area contributed by atoms with Crippen molar-refractivity contribution < 1.29 is 14.6 Å². The molecule has 26 heavy (non-hydrogen) atoms. The van der Waals surface area contributed by atoms with Gasteiger partial charge in [-0.2, -0.15) is 4.89 Å². The van der Waals surface area contributed by atoms with E-state index in [4.69, 9.17) is 9.78 Å². The smallest absolute Gasteiger partial charge is 0.292 e. The van der Waals surface area contributed by atoms with Gasteiger partial charge in [-0.3, -0.25) is 4.89 Å². The molecule has 1 radical (unpaired) electrons. The molecule has 0 spiro atoms. The number of benzene rings is 2. The van der Waals surface area contributed by atoms with Gasteiger partial charge in [0.05, 0.1) is 5.56 Å². The average molecular weight is 351 g/mol. The second-order valence-electron chi connectivity index (χ2n) is 7.57. The summed E-state index contributed by atoms with van der Waals surface area (Å²) in [5.41, 5.74) is 2.35. The molecule has 3 heteroatoms. The van der Waals surface area contributed by atoms with E-state index in [9.17, 15) is 4.79 Å². The van der Waals surface area contributed by atoms with Gasteiger partial charge < -0.3 is 0 Å². The minimum atomic E-state index is -0.447. The van der Waals surface area contributed by atoms with E-state index in [1.54, 1.807) is 6.07 Å². The first-order chi connectivity index (χ1) is 12.6. The summed E-state index contributed by atoms with van der Waals surface area (Å²) in [6.07, 6.45) is 4.05. The molecule has 3 rings (SSSR count). The Labute approximate surface area is 156 Å². The molecule has 2 aromatic carbocycles. The third-order valence-electron chi connectivity index (χ3n) is 5.19. The summed E-state index contributed by atoms with van der Waals surface area (Å²) in [5, 5.41) is 0. The number of carbonyl (C=O) groups is 1. The van der Waals surface area contributed by atoms with Gasteiger partial charge in [0.25, 0.3) is 0 Å². The van der Waals surface area contributed by atoms with Crippen LogP contribution < -0.4 is 0 Å². The first-order valence-corrected chi connectivity index (χ1v) is 9.45. The van der Waals surface area contributed by atoms with Crippen molar-refractivity contribution in [1.82, 2.24) is 0 Å². The molecule has 0 aromatic heterocycles. The highest BCUT2D eigenvalue weighted by molar-refractivity contribution is 5.96. The van der Waals surface area contributed by atoms with Crippen molar-refractivity contribution in [3.8, 4) is 11.1 Å². The number of carbonyl (C=O) groups excluding carboxylic acids is 1. The summed E-state index contributed by atoms with van der Waals surface area (Å²) in [4.78, 5) is 23.6. The van der Waals surface area contributed by atoms with Crippen LogP contribution in [-0.4, -0.2) is 5.97 Å². The third-order valence-corrected chi connectivity index (χ3v) is 5.19. The van der Waals surface area contributed by atoms with Crippen LogP contribution in [0, 0.1) is 23.9 Å². The number of hydrogen-bond donors (Lipinski definition) is 0. The van der Waals surface area contributed by atoms with Gasteiger partial charge in [-0.25, -0.2) is 4.79 Å². The average Bonchev–Trinajstić information content (AvgIpc) is 2.66. The first kappa shape index (κ1) is 18.7. The molecule has 0 bridgehead atoms. The summed E-state index contributed by atoms with van der Waals surface area (Å²) in [5.74, 6) is 0.948. The molecule has 137 valence electrons. The van der Waals surface area contributed by atoms with Crippen molar-refractivity contribution in [3.05, 3.63) is 66.3 Å². The Kier molecular flexibility index (Phi) is 6.10. The van der Waals surface area contributed by atoms with Crippen LogP contribution in [0.15, 0.2) is 54.6 Å². The van der Waals surface area contributed by atoms with Gasteiger partial charge in [0.2, 0.25) is 0 Å². The van der Waals surface area contributed by atoms with Crippen molar-refractivity contribution in [2.45, 2.75) is 40.0 Å². The van der Waals surface area contributed by atoms with Crippen molar-refractivity contribution in [1.29, 1.82) is 0 Å². The van der Waals surface area contributed by atoms with Gasteiger partial charge in [-0.05, 0) is 47.8 Å². The van der Waals surface area contributed by atoms with Gasteiger partial charge in [-0.1, -0.05) is 75.7 Å². The highest BCUT2D eigenvalue weighted by Crippen LogP contribution is 2.40. The lowest BCUT2D eigenvalue weighted by molar-refractivity contribution is -0.251. The molecule has 2 atom stereocenters. The van der Waals surface area contributed by atoms with E-state index in [1.807, 2.05) is 48.5 Å². The molecule has 0 saturated heterocycles. The topological polar surface area (TPSA) is 35.5 Å². The van der Waals surface area contributed by atoms with Crippen LogP contribution in [0.4, 0.5) is 0 Å². The van der Waals surface area contributed by atoms with Crippen LogP contribution in [0.25, 0.3) is 11.1 Å². The molecule has 0 amide bonds. The lowest BCUT2D eigenvalue weighted by atomic mass is 9.75. The molecule has 1 fully saturated rings. The fraction of sp³-hybridized carbons (Fsp3) is 0.391. The van der Waals surface area contributed by atoms with E-state index in [2.05, 4.69) is 20.8 Å². The number of rotatable bonds is 5. The molecule has 2 aromatic rings. The van der Waals surface area contributed by atoms with Crippen LogP contribution in [0.2, 0.25) is 0 Å². The summed E-state index contributed by atoms with van der Waals surface area (Å²) in [6, 6.07) is 17.3. The summed E-state index contributed by atoms with van der Waals surface area (Å²) in [7, 11) is 0. The quantitative estimate of drug-likeness (QED) is 0.485. The molecule has 1 saturated carbocycles. The minimum Gasteiger partial charge on any atom is -0.292 e. The molecule has 0 heterocycles. The standard InChI is InChI=1S/C23H27O3/c1-16(2)19-14-13-17(3)15-22(19)25-26-23(24)21-12-8-7-11-20(21)18-9-5-4-6-10-18/h4-12,16-17,19H,13-15H2,1-3H3. The van der Waals surface area contributed by atoms with Crippen LogP contribution in [0.3, 0.4) is 0 Å². The SMILES string of the molecule is CC1CCC(C(C)C)[C](OOC(=O)c2ccccc2-c2ccccc2)C1. The maximum absolute atomic E-state index is 12.7. The molecule has 3 nitrogen and oxygen atoms in total. The third kappa shape index (κ3) is 4.34. The van der Waals surface area contributed by atoms with E-state index in [0.717, 1.165) is 30.1 Å². The highest BCUT2D eigenvalue weighted by atomic mass is 17.2. The summed E-state index contributed by atoms with van der Waals surface area (Å²) in [6.45, 7) is 6.60. The Morgan fingerprint density at radius 1 is 1.00 bits per heavy atom. The molecular formula is C23H27O3. The first-order valence-electron chi connectivity index (χ1n) is 9.45. The zero-order valence-corrected chi connectivity index (χ0v) is 15.8. The predicted molar refractivity (Wildman–Crippen MR) is 103 cm³/mol. The Hall–Kier alpha value is -2.13. The Balaban J connectivity index is 1.73. The zero-order valence-electron chi connectivity index (χ0n) is 15.8. The lowest BCUT2D eigenvalue weighted by Gasteiger charge is -2.34. The van der Waals surface area contributed by atoms with Crippen molar-refractivity contribution >= 4 is 5.97 Å². The molecule has 2 unspecified atom stereocenters. The monoisotopic (exact) mass is 351 g/mol. The van der Waals surface area contributed by atoms with Crippen molar-refractivity contribution in [2.75, 3.05) is 0 Å². The van der Waals surface area contributed by atoms with Crippen LogP contribution in [-0.2, 0) is 9.78 Å². The predicted octanol–water partition coefficient (Wildman–Crippen LogP) is 6.07. The molecule has 0 aliphatic heterocycles. The largest absolute Gasteiger partial charge is 0.373 e. The van der Waals surface area contributed by atoms with Crippen molar-refractivity contribution in [2.24, 2.45) is 17.8 Å². The summed E-state index contributed by atoms with van der Waals surface area (Å²) < 4.78 is 0. The van der Waals surface area contributed by atoms with Gasteiger partial charge in [-0.15, -0.1) is 0 Å². The van der Waals surface area contributed by atoms with Crippen LogP contribution in [0.5, 0.6) is 0 Å². The van der Waals surface area contributed by atoms with Gasteiger partial charge in [0, 0.05) is 0 Å². The second-order valence-corrected chi connectivity index (χ2v) is 7.57. The van der Waals surface area contributed by atoms with E-state index < -0.39 is 5.97 Å². The lowest BCUT2D eigenvalue weighted by Crippen LogP contribution is -2.28. The van der Waals surface area contributed by atoms with Gasteiger partial charge in [0.15, 0.2) is 6.10 Å². The van der Waals surface area contributed by atoms with Crippen LogP contribution in [0.1, 0.15) is 50.4 Å². The fourth-order valence-electron chi connectivity index (χ4n) is 3.69. The highest BCUT2D eigenvalue weighted by Gasteiger charge is 2.34.